The number of nitrogens with one attached hydrogen (secondary N) is 3. The number of likely N-dealkylation sites (tertiary alicyclic amines) is 1. The van der Waals surface area contributed by atoms with Crippen molar-refractivity contribution in [3.8, 4) is 0 Å². The molecule has 172 valence electrons. The molecule has 0 aromatic heterocycles. The number of hydrazone groups is 1. The maximum absolute atomic E-state index is 7.57. The Balaban J connectivity index is 2.36. The summed E-state index contributed by atoms with van der Waals surface area (Å²) < 4.78 is 0. The fourth-order valence-corrected chi connectivity index (χ4v) is 3.69. The molecule has 1 aromatic carbocycles. The molecule has 1 aromatic rings. The van der Waals surface area contributed by atoms with Crippen molar-refractivity contribution in [2.24, 2.45) is 10.8 Å². The van der Waals surface area contributed by atoms with Gasteiger partial charge in [0.25, 0.3) is 0 Å². The van der Waals surface area contributed by atoms with Gasteiger partial charge in [-0.05, 0) is 50.9 Å². The number of hydrazine groups is 1. The van der Waals surface area contributed by atoms with Crippen LogP contribution in [0, 0.1) is 12.3 Å². The van der Waals surface area contributed by atoms with E-state index in [0.29, 0.717) is 11.3 Å². The monoisotopic (exact) mass is 435 g/mol. The molecule has 2 rings (SSSR count). The second-order valence-electron chi connectivity index (χ2n) is 7.72. The fourth-order valence-electron chi connectivity index (χ4n) is 3.69. The lowest BCUT2D eigenvalue weighted by atomic mass is 10.0. The molecule has 1 aliphatic heterocycles. The Morgan fingerprint density at radius 2 is 2.06 bits per heavy atom. The normalized spacial score (nSPS) is 16.8. The van der Waals surface area contributed by atoms with Crippen molar-refractivity contribution in [1.29, 1.82) is 5.41 Å². The van der Waals surface area contributed by atoms with Crippen LogP contribution in [0.4, 0.5) is 0 Å². The highest BCUT2D eigenvalue weighted by Crippen LogP contribution is 2.20. The van der Waals surface area contributed by atoms with Gasteiger partial charge in [0.15, 0.2) is 0 Å². The minimum absolute atomic E-state index is 0.0287. The molecule has 0 bridgehead atoms. The van der Waals surface area contributed by atoms with E-state index in [2.05, 4.69) is 76.8 Å². The number of rotatable bonds is 11. The summed E-state index contributed by atoms with van der Waals surface area (Å²) in [4.78, 5) is 2.35. The minimum atomic E-state index is 0.0287. The van der Waals surface area contributed by atoms with Crippen molar-refractivity contribution < 1.29 is 0 Å². The summed E-state index contributed by atoms with van der Waals surface area (Å²) in [5.41, 5.74) is 15.5. The van der Waals surface area contributed by atoms with Crippen LogP contribution in [0.1, 0.15) is 36.4 Å². The average molecular weight is 436 g/mol. The van der Waals surface area contributed by atoms with E-state index in [1.807, 2.05) is 19.1 Å². The van der Waals surface area contributed by atoms with E-state index in [-0.39, 0.29) is 6.04 Å². The van der Waals surface area contributed by atoms with Crippen LogP contribution in [0.3, 0.4) is 0 Å². The lowest BCUT2D eigenvalue weighted by molar-refractivity contribution is 0.208. The third-order valence-electron chi connectivity index (χ3n) is 5.34. The van der Waals surface area contributed by atoms with Gasteiger partial charge in [-0.3, -0.25) is 10.4 Å². The van der Waals surface area contributed by atoms with Crippen LogP contribution in [0.5, 0.6) is 0 Å². The molecule has 7 nitrogen and oxygen atoms in total. The van der Waals surface area contributed by atoms with Gasteiger partial charge in [-0.25, -0.2) is 5.43 Å². The standard InChI is InChI=1S/C25H37N7/c1-5-23(22(18-26)19-27)30-31(4)25(32-15-7-6-8-16-32)14-10-13-24(29-28-3)21-12-9-11-20(2)17-21/h5,9-14,17-19,24,26,28-29H,1,6-8,15-16,27H2,2-4H3/b13-10-,22-19+,25-14+,26-18?,30-23+. The van der Waals surface area contributed by atoms with Gasteiger partial charge in [-0.15, -0.1) is 0 Å². The number of allylic oxidation sites excluding steroid dienone is 4. The molecule has 1 atom stereocenters. The third-order valence-corrected chi connectivity index (χ3v) is 5.34. The molecule has 5 N–H and O–H groups in total. The zero-order chi connectivity index (χ0) is 23.3. The molecule has 1 fully saturated rings. The van der Waals surface area contributed by atoms with Crippen LogP contribution in [0.15, 0.2) is 77.8 Å². The second kappa shape index (κ2) is 13.3. The first kappa shape index (κ1) is 25.1. The Morgan fingerprint density at radius 3 is 2.66 bits per heavy atom. The largest absolute Gasteiger partial charge is 0.404 e. The number of hydrogen-bond acceptors (Lipinski definition) is 7. The SMILES string of the molecule is C=CC(=N\N(C)/C(=C\C=C/C(NNC)c1cccc(C)c1)N1CCCCC1)/C(C=N)=C/N. The van der Waals surface area contributed by atoms with Gasteiger partial charge >= 0.3 is 0 Å². The first-order valence-corrected chi connectivity index (χ1v) is 11.0. The Kier molecular flexibility index (Phi) is 10.4. The fraction of sp³-hybridized carbons (Fsp3) is 0.360. The maximum Gasteiger partial charge on any atom is 0.124 e. The highest BCUT2D eigenvalue weighted by Gasteiger charge is 2.17. The van der Waals surface area contributed by atoms with Crippen molar-refractivity contribution in [1.82, 2.24) is 20.8 Å². The van der Waals surface area contributed by atoms with Gasteiger partial charge in [0, 0.05) is 38.1 Å². The van der Waals surface area contributed by atoms with Crippen LogP contribution in [-0.2, 0) is 0 Å². The summed E-state index contributed by atoms with van der Waals surface area (Å²) in [6, 6.07) is 8.50. The topological polar surface area (TPSA) is 92.8 Å². The molecule has 1 aliphatic rings. The zero-order valence-corrected chi connectivity index (χ0v) is 19.5. The van der Waals surface area contributed by atoms with E-state index in [4.69, 9.17) is 11.1 Å². The van der Waals surface area contributed by atoms with Crippen LogP contribution in [-0.4, -0.2) is 49.0 Å². The van der Waals surface area contributed by atoms with Gasteiger partial charge in [0.05, 0.1) is 11.8 Å². The van der Waals surface area contributed by atoms with E-state index in [9.17, 15) is 0 Å². The molecular weight excluding hydrogens is 398 g/mol. The highest BCUT2D eigenvalue weighted by molar-refractivity contribution is 6.20. The van der Waals surface area contributed by atoms with Gasteiger partial charge in [0.1, 0.15) is 5.82 Å². The van der Waals surface area contributed by atoms with Gasteiger partial charge in [0.2, 0.25) is 0 Å². The Bertz CT molecular complexity index is 876. The molecule has 7 heteroatoms. The first-order valence-electron chi connectivity index (χ1n) is 11.0. The highest BCUT2D eigenvalue weighted by atomic mass is 15.5. The number of benzene rings is 1. The van der Waals surface area contributed by atoms with E-state index >= 15 is 0 Å². The molecule has 0 radical (unpaired) electrons. The molecular formula is C25H37N7. The Labute approximate surface area is 192 Å². The smallest absolute Gasteiger partial charge is 0.124 e. The predicted octanol–water partition coefficient (Wildman–Crippen LogP) is 3.61. The van der Waals surface area contributed by atoms with E-state index in [1.54, 1.807) is 6.08 Å². The second-order valence-corrected chi connectivity index (χ2v) is 7.72. The lowest BCUT2D eigenvalue weighted by Gasteiger charge is -2.34. The summed E-state index contributed by atoms with van der Waals surface area (Å²) in [5.74, 6) is 0.995. The maximum atomic E-state index is 7.57. The van der Waals surface area contributed by atoms with Crippen LogP contribution >= 0.6 is 0 Å². The molecule has 1 saturated heterocycles. The van der Waals surface area contributed by atoms with Gasteiger partial charge in [-0.1, -0.05) is 48.6 Å². The predicted molar refractivity (Wildman–Crippen MR) is 135 cm³/mol. The molecule has 0 amide bonds. The van der Waals surface area contributed by atoms with Crippen molar-refractivity contribution in [2.75, 3.05) is 27.2 Å². The van der Waals surface area contributed by atoms with E-state index in [1.165, 1.54) is 30.0 Å². The molecule has 1 unspecified atom stereocenters. The Hall–Kier alpha value is -3.16. The number of nitrogens with two attached hydrogens (primary N) is 1. The van der Waals surface area contributed by atoms with Gasteiger partial charge < -0.3 is 16.0 Å². The van der Waals surface area contributed by atoms with Crippen molar-refractivity contribution in [2.45, 2.75) is 32.2 Å². The molecule has 32 heavy (non-hydrogen) atoms. The molecule has 0 spiro atoms. The first-order chi connectivity index (χ1) is 15.5. The summed E-state index contributed by atoms with van der Waals surface area (Å²) in [6.45, 7) is 7.91. The number of aryl methyl sites for hydroxylation is 1. The Morgan fingerprint density at radius 1 is 1.31 bits per heavy atom. The quantitative estimate of drug-likeness (QED) is 0.242. The summed E-state index contributed by atoms with van der Waals surface area (Å²) >= 11 is 0. The van der Waals surface area contributed by atoms with Crippen LogP contribution < -0.4 is 16.6 Å². The number of piperidine rings is 1. The van der Waals surface area contributed by atoms with E-state index < -0.39 is 0 Å². The van der Waals surface area contributed by atoms with Crippen LogP contribution in [0.25, 0.3) is 0 Å². The molecule has 0 aliphatic carbocycles. The minimum Gasteiger partial charge on any atom is -0.404 e. The number of hydrogen-bond donors (Lipinski definition) is 4. The summed E-state index contributed by atoms with van der Waals surface area (Å²) in [7, 11) is 3.79. The summed E-state index contributed by atoms with van der Waals surface area (Å²) in [6.07, 6.45) is 14.0. The van der Waals surface area contributed by atoms with Crippen molar-refractivity contribution in [3.05, 3.63) is 83.9 Å². The lowest BCUT2D eigenvalue weighted by Crippen LogP contribution is -2.35. The van der Waals surface area contributed by atoms with Crippen molar-refractivity contribution in [3.63, 3.8) is 0 Å². The summed E-state index contributed by atoms with van der Waals surface area (Å²) in [5, 5.41) is 14.1. The average Bonchev–Trinajstić information content (AvgIpc) is 2.81. The van der Waals surface area contributed by atoms with Crippen molar-refractivity contribution >= 4 is 11.9 Å². The van der Waals surface area contributed by atoms with Crippen LogP contribution in [0.2, 0.25) is 0 Å². The van der Waals surface area contributed by atoms with Gasteiger partial charge in [-0.2, -0.15) is 5.10 Å². The van der Waals surface area contributed by atoms with E-state index in [0.717, 1.165) is 31.8 Å². The molecule has 0 saturated carbocycles. The zero-order valence-electron chi connectivity index (χ0n) is 19.5. The third kappa shape index (κ3) is 7.21. The molecule has 1 heterocycles. The number of nitrogens with zero attached hydrogens (tertiary/aromatic N) is 3.